The predicted octanol–water partition coefficient (Wildman–Crippen LogP) is 0.893. The summed E-state index contributed by atoms with van der Waals surface area (Å²) in [5.74, 6) is 0.942. The van der Waals surface area contributed by atoms with E-state index in [1.54, 1.807) is 6.07 Å². The van der Waals surface area contributed by atoms with Crippen molar-refractivity contribution in [3.63, 3.8) is 0 Å². The topological polar surface area (TPSA) is 57.8 Å². The number of pyridine rings is 1. The molecule has 0 spiro atoms. The highest BCUT2D eigenvalue weighted by atomic mass is 16.5. The van der Waals surface area contributed by atoms with E-state index in [9.17, 15) is 4.79 Å². The van der Waals surface area contributed by atoms with Crippen LogP contribution in [0.4, 0.5) is 0 Å². The molecule has 2 fully saturated rings. The van der Waals surface area contributed by atoms with Crippen LogP contribution < -0.4 is 20.7 Å². The maximum atomic E-state index is 11.5. The first-order valence-electron chi connectivity index (χ1n) is 11.0. The van der Waals surface area contributed by atoms with Gasteiger partial charge in [-0.2, -0.15) is 0 Å². The van der Waals surface area contributed by atoms with Crippen LogP contribution in [0.1, 0.15) is 24.8 Å². The second kappa shape index (κ2) is 8.66. The summed E-state index contributed by atoms with van der Waals surface area (Å²) in [4.78, 5) is 19.2. The van der Waals surface area contributed by atoms with Gasteiger partial charge in [0.25, 0.3) is 0 Å². The monoisotopic (exact) mass is 407 g/mol. The van der Waals surface area contributed by atoms with Crippen molar-refractivity contribution in [2.45, 2.75) is 19.3 Å². The molecule has 4 heterocycles. The lowest BCUT2D eigenvalue weighted by molar-refractivity contribution is 0.0358. The van der Waals surface area contributed by atoms with Gasteiger partial charge in [-0.15, -0.1) is 0 Å². The molecule has 2 aromatic rings. The Labute approximate surface area is 176 Å². The number of morpholine rings is 1. The number of hydrogen-bond acceptors (Lipinski definition) is 5. The molecule has 0 radical (unpaired) electrons. The summed E-state index contributed by atoms with van der Waals surface area (Å²) in [7, 11) is 0. The number of aromatic amines is 1. The zero-order valence-corrected chi connectivity index (χ0v) is 17.4. The minimum absolute atomic E-state index is 0.0652. The fourth-order valence-corrected chi connectivity index (χ4v) is 4.75. The van der Waals surface area contributed by atoms with Crippen molar-refractivity contribution in [3.05, 3.63) is 62.9 Å². The third-order valence-electron chi connectivity index (χ3n) is 6.32. The third-order valence-corrected chi connectivity index (χ3v) is 6.32. The first kappa shape index (κ1) is 19.4. The number of H-pyrrole nitrogens is 1. The fourth-order valence-electron chi connectivity index (χ4n) is 4.75. The Balaban J connectivity index is 1.38. The Morgan fingerprint density at radius 2 is 1.97 bits per heavy atom. The van der Waals surface area contributed by atoms with Crippen LogP contribution in [0.15, 0.2) is 41.3 Å². The van der Waals surface area contributed by atoms with Gasteiger partial charge in [-0.3, -0.25) is 9.69 Å². The van der Waals surface area contributed by atoms with Crippen LogP contribution in [-0.2, 0) is 4.74 Å². The summed E-state index contributed by atoms with van der Waals surface area (Å²) in [5, 5.41) is 2.54. The van der Waals surface area contributed by atoms with Crippen molar-refractivity contribution in [1.29, 1.82) is 0 Å². The number of nitrogens with one attached hydrogen (secondary N) is 1. The van der Waals surface area contributed by atoms with E-state index in [4.69, 9.17) is 9.47 Å². The number of benzene rings is 1. The zero-order valence-electron chi connectivity index (χ0n) is 17.4. The number of rotatable bonds is 6. The molecule has 1 aromatic carbocycles. The van der Waals surface area contributed by atoms with Crippen molar-refractivity contribution in [1.82, 2.24) is 14.8 Å². The van der Waals surface area contributed by atoms with Crippen molar-refractivity contribution in [2.24, 2.45) is 0 Å². The molecule has 0 amide bonds. The molecule has 158 valence electrons. The molecule has 6 heteroatoms. The molecule has 0 saturated carbocycles. The van der Waals surface area contributed by atoms with E-state index < -0.39 is 0 Å². The smallest absolute Gasteiger partial charge is 0.247 e. The van der Waals surface area contributed by atoms with E-state index in [2.05, 4.69) is 33.0 Å². The number of aromatic nitrogens is 1. The first-order chi connectivity index (χ1) is 14.8. The maximum Gasteiger partial charge on any atom is 0.247 e. The minimum Gasteiger partial charge on any atom is -0.494 e. The summed E-state index contributed by atoms with van der Waals surface area (Å²) >= 11 is 0. The molecule has 6 nitrogen and oxygen atoms in total. The van der Waals surface area contributed by atoms with E-state index in [-0.39, 0.29) is 5.56 Å². The summed E-state index contributed by atoms with van der Waals surface area (Å²) in [6.45, 7) is 7.51. The largest absolute Gasteiger partial charge is 0.494 e. The van der Waals surface area contributed by atoms with Gasteiger partial charge in [0.15, 0.2) is 0 Å². The summed E-state index contributed by atoms with van der Waals surface area (Å²) in [6.07, 6.45) is 5.16. The van der Waals surface area contributed by atoms with Gasteiger partial charge in [0.1, 0.15) is 5.75 Å². The summed E-state index contributed by atoms with van der Waals surface area (Å²) < 4.78 is 11.5. The van der Waals surface area contributed by atoms with E-state index in [0.717, 1.165) is 76.7 Å². The van der Waals surface area contributed by atoms with Gasteiger partial charge in [0, 0.05) is 55.9 Å². The SMILES string of the molecule is O=c1ccc(C2=c3ccc(OCCCN4CCOCC4)cc3=C3CCCN3C2)c[nH]1. The molecule has 0 aliphatic carbocycles. The van der Waals surface area contributed by atoms with E-state index in [1.807, 2.05) is 12.3 Å². The van der Waals surface area contributed by atoms with Crippen LogP contribution in [0.2, 0.25) is 0 Å². The van der Waals surface area contributed by atoms with E-state index in [1.165, 1.54) is 28.1 Å². The van der Waals surface area contributed by atoms with Crippen LogP contribution in [-0.4, -0.2) is 67.3 Å². The molecule has 3 aliphatic heterocycles. The van der Waals surface area contributed by atoms with Crippen LogP contribution in [0.5, 0.6) is 5.75 Å². The van der Waals surface area contributed by atoms with Crippen molar-refractivity contribution in [2.75, 3.05) is 52.5 Å². The lowest BCUT2D eigenvalue weighted by atomic mass is 9.98. The van der Waals surface area contributed by atoms with Gasteiger partial charge in [0.2, 0.25) is 5.56 Å². The number of nitrogens with zero attached hydrogens (tertiary/aromatic N) is 2. The Morgan fingerprint density at radius 1 is 1.07 bits per heavy atom. The predicted molar refractivity (Wildman–Crippen MR) is 117 cm³/mol. The molecule has 3 aliphatic rings. The zero-order chi connectivity index (χ0) is 20.3. The van der Waals surface area contributed by atoms with Crippen LogP contribution in [0.25, 0.3) is 11.3 Å². The van der Waals surface area contributed by atoms with Gasteiger partial charge in [-0.1, -0.05) is 6.07 Å². The molecule has 30 heavy (non-hydrogen) atoms. The maximum absolute atomic E-state index is 11.5. The molecule has 5 rings (SSSR count). The second-order valence-electron chi connectivity index (χ2n) is 8.26. The Bertz CT molecular complexity index is 1070. The lowest BCUT2D eigenvalue weighted by Crippen LogP contribution is -2.41. The Morgan fingerprint density at radius 3 is 2.80 bits per heavy atom. The van der Waals surface area contributed by atoms with Crippen molar-refractivity contribution in [3.8, 4) is 5.75 Å². The second-order valence-corrected chi connectivity index (χ2v) is 8.26. The van der Waals surface area contributed by atoms with Crippen molar-refractivity contribution < 1.29 is 9.47 Å². The van der Waals surface area contributed by atoms with Gasteiger partial charge < -0.3 is 19.4 Å². The Hall–Kier alpha value is -2.57. The molecular formula is C24H29N3O3. The van der Waals surface area contributed by atoms with Gasteiger partial charge >= 0.3 is 0 Å². The highest BCUT2D eigenvalue weighted by Gasteiger charge is 2.24. The number of ether oxygens (including phenoxy) is 2. The van der Waals surface area contributed by atoms with Gasteiger partial charge in [-0.25, -0.2) is 0 Å². The first-order valence-corrected chi connectivity index (χ1v) is 11.0. The van der Waals surface area contributed by atoms with Crippen LogP contribution in [0, 0.1) is 0 Å². The molecule has 0 atom stereocenters. The standard InChI is InChI=1S/C24H29N3O3/c28-24-7-4-18(16-25-24)22-17-27-9-1-3-23(27)21-15-19(5-6-20(21)22)30-12-2-8-26-10-13-29-14-11-26/h4-7,15-16H,1-3,8-14,17H2,(H,25,28). The number of fused-ring (bicyclic) bond motifs is 2. The Kier molecular flexibility index (Phi) is 5.60. The van der Waals surface area contributed by atoms with Crippen molar-refractivity contribution >= 4 is 11.3 Å². The molecule has 2 saturated heterocycles. The summed E-state index contributed by atoms with van der Waals surface area (Å²) in [5.41, 5.74) is 3.72. The van der Waals surface area contributed by atoms with Gasteiger partial charge in [0.05, 0.1) is 19.8 Å². The minimum atomic E-state index is -0.0652. The summed E-state index contributed by atoms with van der Waals surface area (Å²) in [6, 6.07) is 10.0. The van der Waals surface area contributed by atoms with E-state index >= 15 is 0 Å². The molecule has 0 unspecified atom stereocenters. The third kappa shape index (κ3) is 4.02. The van der Waals surface area contributed by atoms with E-state index in [0.29, 0.717) is 0 Å². The number of hydrogen-bond donors (Lipinski definition) is 1. The molecule has 1 N–H and O–H groups in total. The quantitative estimate of drug-likeness (QED) is 0.721. The van der Waals surface area contributed by atoms with Crippen LogP contribution in [0.3, 0.4) is 0 Å². The normalized spacial score (nSPS) is 19.0. The average molecular weight is 408 g/mol. The fraction of sp³-hybridized carbons (Fsp3) is 0.458. The highest BCUT2D eigenvalue weighted by Crippen LogP contribution is 2.26. The lowest BCUT2D eigenvalue weighted by Gasteiger charge is -2.27. The average Bonchev–Trinajstić information content (AvgIpc) is 3.26. The van der Waals surface area contributed by atoms with Gasteiger partial charge in [-0.05, 0) is 53.8 Å². The molecule has 0 bridgehead atoms. The highest BCUT2D eigenvalue weighted by molar-refractivity contribution is 5.71. The molecule has 1 aromatic heterocycles. The molecular weight excluding hydrogens is 378 g/mol. The van der Waals surface area contributed by atoms with Crippen LogP contribution >= 0.6 is 0 Å².